The van der Waals surface area contributed by atoms with E-state index in [1.807, 2.05) is 6.92 Å². The highest BCUT2D eigenvalue weighted by Crippen LogP contribution is 2.24. The van der Waals surface area contributed by atoms with E-state index in [1.165, 1.54) is 6.08 Å². The molecule has 0 aromatic rings. The van der Waals surface area contributed by atoms with Gasteiger partial charge < -0.3 is 10.3 Å². The highest BCUT2D eigenvalue weighted by molar-refractivity contribution is 8.03. The van der Waals surface area contributed by atoms with Crippen molar-refractivity contribution in [2.75, 3.05) is 25.4 Å². The van der Waals surface area contributed by atoms with Gasteiger partial charge in [0.15, 0.2) is 0 Å². The summed E-state index contributed by atoms with van der Waals surface area (Å²) in [5, 5.41) is 3.27. The minimum atomic E-state index is -0.156. The van der Waals surface area contributed by atoms with Crippen molar-refractivity contribution in [1.29, 1.82) is 0 Å². The average Bonchev–Trinajstić information content (AvgIpc) is 2.38. The lowest BCUT2D eigenvalue weighted by atomic mass is 10.3. The Hall–Kier alpha value is -0.870. The van der Waals surface area contributed by atoms with Gasteiger partial charge in [-0.25, -0.2) is 4.39 Å². The van der Waals surface area contributed by atoms with Crippen LogP contribution < -0.4 is 5.32 Å². The summed E-state index contributed by atoms with van der Waals surface area (Å²) in [5.74, 6) is 0.724. The molecule has 0 unspecified atom stereocenters. The number of halogens is 1. The van der Waals surface area contributed by atoms with Gasteiger partial charge in [-0.2, -0.15) is 0 Å². The Labute approximate surface area is 114 Å². The van der Waals surface area contributed by atoms with Crippen LogP contribution in [-0.2, 0) is 0 Å². The van der Waals surface area contributed by atoms with Crippen LogP contribution in [0.3, 0.4) is 0 Å². The summed E-state index contributed by atoms with van der Waals surface area (Å²) in [7, 11) is 0. The molecule has 0 spiro atoms. The van der Waals surface area contributed by atoms with Crippen molar-refractivity contribution < 1.29 is 4.39 Å². The van der Waals surface area contributed by atoms with Gasteiger partial charge in [-0.1, -0.05) is 25.7 Å². The molecule has 0 amide bonds. The lowest BCUT2D eigenvalue weighted by molar-refractivity contribution is 0.632. The molecule has 0 rings (SSSR count). The maximum Gasteiger partial charge on any atom is 0.132 e. The molecule has 0 bridgehead atoms. The second-order valence-electron chi connectivity index (χ2n) is 3.60. The molecule has 0 atom stereocenters. The Balaban J connectivity index is 4.07. The van der Waals surface area contributed by atoms with Gasteiger partial charge in [0.1, 0.15) is 5.83 Å². The first-order valence-corrected chi connectivity index (χ1v) is 7.18. The molecule has 0 saturated heterocycles. The molecule has 4 heteroatoms. The minimum Gasteiger partial charge on any atom is -0.316 e. The van der Waals surface area contributed by atoms with Crippen LogP contribution in [0.15, 0.2) is 40.5 Å². The van der Waals surface area contributed by atoms with Crippen molar-refractivity contribution >= 4 is 18.5 Å². The zero-order valence-electron chi connectivity index (χ0n) is 11.1. The molecule has 0 aromatic heterocycles. The molecule has 0 radical (unpaired) electrons. The van der Waals surface area contributed by atoms with Crippen molar-refractivity contribution in [2.24, 2.45) is 4.99 Å². The first-order chi connectivity index (χ1) is 8.76. The van der Waals surface area contributed by atoms with Gasteiger partial charge in [0.2, 0.25) is 0 Å². The van der Waals surface area contributed by atoms with Crippen LogP contribution in [0, 0.1) is 0 Å². The quantitative estimate of drug-likeness (QED) is 0.351. The third-order valence-electron chi connectivity index (χ3n) is 2.16. The van der Waals surface area contributed by atoms with Crippen LogP contribution in [0.2, 0.25) is 0 Å². The predicted molar refractivity (Wildman–Crippen MR) is 82.1 cm³/mol. The fraction of sp³-hybridized carbons (Fsp3) is 0.500. The number of aliphatic imine (C=N–C) groups is 1. The van der Waals surface area contributed by atoms with Crippen LogP contribution >= 0.6 is 11.8 Å². The summed E-state index contributed by atoms with van der Waals surface area (Å²) >= 11 is 1.55. The zero-order chi connectivity index (χ0) is 13.6. The van der Waals surface area contributed by atoms with E-state index in [2.05, 4.69) is 23.6 Å². The number of nitrogens with zero attached hydrogens (tertiary/aromatic N) is 1. The molecule has 0 aliphatic heterocycles. The standard InChI is InChI=1S/C14H23FN2S/c1-4-6-8-13(15)14(18-5-2)9-12-17-11-7-10-16-3/h4,6,8,17H,1,3,5,7,9-12H2,2H3/b8-6-,14-13-. The van der Waals surface area contributed by atoms with E-state index in [-0.39, 0.29) is 5.83 Å². The maximum atomic E-state index is 13.7. The Bertz CT molecular complexity index is 298. The van der Waals surface area contributed by atoms with E-state index in [0.717, 1.165) is 36.7 Å². The lowest BCUT2D eigenvalue weighted by Crippen LogP contribution is -2.17. The van der Waals surface area contributed by atoms with Crippen LogP contribution in [0.1, 0.15) is 19.8 Å². The summed E-state index contributed by atoms with van der Waals surface area (Å²) in [5.41, 5.74) is 0. The van der Waals surface area contributed by atoms with E-state index in [4.69, 9.17) is 0 Å². The molecule has 18 heavy (non-hydrogen) atoms. The molecule has 0 aromatic carbocycles. The molecule has 0 aliphatic carbocycles. The summed E-state index contributed by atoms with van der Waals surface area (Å²) in [6.45, 7) is 11.4. The third-order valence-corrected chi connectivity index (χ3v) is 3.20. The maximum absolute atomic E-state index is 13.7. The number of thioether (sulfide) groups is 1. The number of nitrogens with one attached hydrogen (secondary N) is 1. The molecule has 0 fully saturated rings. The van der Waals surface area contributed by atoms with Crippen molar-refractivity contribution in [2.45, 2.75) is 19.8 Å². The third kappa shape index (κ3) is 9.19. The fourth-order valence-electron chi connectivity index (χ4n) is 1.32. The first-order valence-electron chi connectivity index (χ1n) is 6.20. The highest BCUT2D eigenvalue weighted by atomic mass is 32.2. The monoisotopic (exact) mass is 270 g/mol. The number of rotatable bonds is 11. The van der Waals surface area contributed by atoms with Crippen molar-refractivity contribution in [3.8, 4) is 0 Å². The SMILES string of the molecule is C=C/C=C\C(F)=C(/CCNCCCN=C)SCC. The second-order valence-corrected chi connectivity index (χ2v) is 4.96. The zero-order valence-corrected chi connectivity index (χ0v) is 11.9. The van der Waals surface area contributed by atoms with Gasteiger partial charge in [-0.3, -0.25) is 0 Å². The Kier molecular flexibility index (Phi) is 12.0. The van der Waals surface area contributed by atoms with Crippen LogP contribution in [0.5, 0.6) is 0 Å². The molecule has 102 valence electrons. The van der Waals surface area contributed by atoms with Gasteiger partial charge in [0.25, 0.3) is 0 Å². The fourth-order valence-corrected chi connectivity index (χ4v) is 2.12. The van der Waals surface area contributed by atoms with E-state index in [1.54, 1.807) is 23.9 Å². The van der Waals surface area contributed by atoms with Gasteiger partial charge >= 0.3 is 0 Å². The van der Waals surface area contributed by atoms with Crippen LogP contribution in [0.25, 0.3) is 0 Å². The Morgan fingerprint density at radius 2 is 2.22 bits per heavy atom. The lowest BCUT2D eigenvalue weighted by Gasteiger charge is -2.07. The topological polar surface area (TPSA) is 24.4 Å². The highest BCUT2D eigenvalue weighted by Gasteiger charge is 2.03. The van der Waals surface area contributed by atoms with E-state index >= 15 is 0 Å². The predicted octanol–water partition coefficient (Wildman–Crippen LogP) is 3.73. The first kappa shape index (κ1) is 17.1. The Morgan fingerprint density at radius 1 is 1.44 bits per heavy atom. The van der Waals surface area contributed by atoms with Gasteiger partial charge in [0.05, 0.1) is 0 Å². The largest absolute Gasteiger partial charge is 0.316 e. The van der Waals surface area contributed by atoms with Gasteiger partial charge in [-0.15, -0.1) is 11.8 Å². The molecule has 0 aliphatic rings. The van der Waals surface area contributed by atoms with Crippen molar-refractivity contribution in [1.82, 2.24) is 5.32 Å². The number of hydrogen-bond acceptors (Lipinski definition) is 3. The molecule has 2 nitrogen and oxygen atoms in total. The second kappa shape index (κ2) is 12.6. The summed E-state index contributed by atoms with van der Waals surface area (Å²) in [6.07, 6.45) is 6.35. The van der Waals surface area contributed by atoms with Crippen molar-refractivity contribution in [3.63, 3.8) is 0 Å². The molecule has 0 saturated carbocycles. The van der Waals surface area contributed by atoms with E-state index in [9.17, 15) is 4.39 Å². The minimum absolute atomic E-state index is 0.156. The average molecular weight is 270 g/mol. The molecule has 1 N–H and O–H groups in total. The normalized spacial score (nSPS) is 12.6. The van der Waals surface area contributed by atoms with Crippen LogP contribution in [0.4, 0.5) is 4.39 Å². The number of hydrogen-bond donors (Lipinski definition) is 1. The van der Waals surface area contributed by atoms with E-state index in [0.29, 0.717) is 6.42 Å². The molecular formula is C14H23FN2S. The molecular weight excluding hydrogens is 247 g/mol. The smallest absolute Gasteiger partial charge is 0.132 e. The molecule has 0 heterocycles. The van der Waals surface area contributed by atoms with Crippen molar-refractivity contribution in [3.05, 3.63) is 35.5 Å². The summed E-state index contributed by atoms with van der Waals surface area (Å²) in [6, 6.07) is 0. The van der Waals surface area contributed by atoms with Gasteiger partial charge in [-0.05, 0) is 44.5 Å². The van der Waals surface area contributed by atoms with Gasteiger partial charge in [0, 0.05) is 11.4 Å². The van der Waals surface area contributed by atoms with E-state index < -0.39 is 0 Å². The summed E-state index contributed by atoms with van der Waals surface area (Å²) in [4.78, 5) is 4.57. The number of allylic oxidation sites excluding steroid dienone is 4. The Morgan fingerprint density at radius 3 is 2.83 bits per heavy atom. The summed E-state index contributed by atoms with van der Waals surface area (Å²) < 4.78 is 13.7. The van der Waals surface area contributed by atoms with Crippen LogP contribution in [-0.4, -0.2) is 32.1 Å².